The normalized spacial score (nSPS) is 41.7. The summed E-state index contributed by atoms with van der Waals surface area (Å²) in [7, 11) is 0. The van der Waals surface area contributed by atoms with Crippen LogP contribution in [0.15, 0.2) is 12.2 Å². The number of carbonyl (C=O) groups excluding carboxylic acids is 2. The Balaban J connectivity index is 1.54. The van der Waals surface area contributed by atoms with Gasteiger partial charge in [0.05, 0.1) is 0 Å². The minimum atomic E-state index is -0.0336. The van der Waals surface area contributed by atoms with Gasteiger partial charge in [-0.3, -0.25) is 9.59 Å². The fourth-order valence-electron chi connectivity index (χ4n) is 8.43. The largest absolute Gasteiger partial charge is 0.350 e. The Hall–Kier alpha value is -1.32. The van der Waals surface area contributed by atoms with Crippen LogP contribution in [0.25, 0.3) is 0 Å². The summed E-state index contributed by atoms with van der Waals surface area (Å²) in [5.74, 6) is 2.48. The minimum Gasteiger partial charge on any atom is -0.350 e. The lowest BCUT2D eigenvalue weighted by Crippen LogP contribution is -2.60. The maximum atomic E-state index is 13.6. The first-order chi connectivity index (χ1) is 14.7. The van der Waals surface area contributed by atoms with Crippen molar-refractivity contribution in [1.82, 2.24) is 10.6 Å². The van der Waals surface area contributed by atoms with Crippen molar-refractivity contribution in [2.75, 3.05) is 0 Å². The first-order valence-electron chi connectivity index (χ1n) is 13.0. The third-order valence-corrected chi connectivity index (χ3v) is 10.5. The minimum absolute atomic E-state index is 0.0336. The second kappa shape index (κ2) is 8.23. The number of amides is 2. The molecule has 2 unspecified atom stereocenters. The molecule has 0 radical (unpaired) electrons. The summed E-state index contributed by atoms with van der Waals surface area (Å²) in [4.78, 5) is 25.6. The summed E-state index contributed by atoms with van der Waals surface area (Å²) < 4.78 is 0. The van der Waals surface area contributed by atoms with Crippen molar-refractivity contribution >= 4 is 11.8 Å². The molecule has 174 valence electrons. The molecule has 0 aromatic rings. The summed E-state index contributed by atoms with van der Waals surface area (Å²) in [5.41, 5.74) is 0.156. The van der Waals surface area contributed by atoms with Crippen LogP contribution in [0.2, 0.25) is 0 Å². The second-order valence-electron chi connectivity index (χ2n) is 11.6. The van der Waals surface area contributed by atoms with Crippen molar-refractivity contribution < 1.29 is 9.59 Å². The van der Waals surface area contributed by atoms with Crippen molar-refractivity contribution in [1.29, 1.82) is 0 Å². The number of rotatable bonds is 6. The smallest absolute Gasteiger partial charge is 0.243 e. The van der Waals surface area contributed by atoms with Crippen LogP contribution < -0.4 is 10.6 Å². The highest BCUT2D eigenvalue weighted by atomic mass is 16.2. The summed E-state index contributed by atoms with van der Waals surface area (Å²) in [6.45, 7) is 11.5. The van der Waals surface area contributed by atoms with E-state index < -0.39 is 0 Å². The fraction of sp³-hybridized carbons (Fsp3) is 0.852. The van der Waals surface area contributed by atoms with Crippen LogP contribution in [-0.4, -0.2) is 23.4 Å². The van der Waals surface area contributed by atoms with Gasteiger partial charge in [-0.1, -0.05) is 47.1 Å². The van der Waals surface area contributed by atoms with E-state index in [4.69, 9.17) is 0 Å². The zero-order valence-corrected chi connectivity index (χ0v) is 20.4. The van der Waals surface area contributed by atoms with Crippen molar-refractivity contribution in [3.63, 3.8) is 0 Å². The Kier molecular flexibility index (Phi) is 6.07. The van der Waals surface area contributed by atoms with E-state index in [0.717, 1.165) is 44.9 Å². The van der Waals surface area contributed by atoms with Crippen LogP contribution >= 0.6 is 0 Å². The number of carbonyl (C=O) groups is 2. The predicted molar refractivity (Wildman–Crippen MR) is 125 cm³/mol. The average Bonchev–Trinajstić information content (AvgIpc) is 3.11. The van der Waals surface area contributed by atoms with Crippen LogP contribution in [0.3, 0.4) is 0 Å². The summed E-state index contributed by atoms with van der Waals surface area (Å²) in [5, 5.41) is 6.81. The van der Waals surface area contributed by atoms with Crippen LogP contribution in [0.1, 0.15) is 98.8 Å². The molecule has 7 atom stereocenters. The first-order valence-corrected chi connectivity index (χ1v) is 13.0. The van der Waals surface area contributed by atoms with E-state index in [0.29, 0.717) is 23.7 Å². The number of fused-ring (bicyclic) bond motifs is 5. The highest BCUT2D eigenvalue weighted by molar-refractivity contribution is 5.89. The van der Waals surface area contributed by atoms with E-state index in [1.807, 2.05) is 0 Å². The Morgan fingerprint density at radius 2 is 1.84 bits per heavy atom. The number of hydrogen-bond donors (Lipinski definition) is 2. The second-order valence-corrected chi connectivity index (χ2v) is 11.6. The van der Waals surface area contributed by atoms with E-state index in [9.17, 15) is 9.59 Å². The molecule has 31 heavy (non-hydrogen) atoms. The Morgan fingerprint density at radius 1 is 1.10 bits per heavy atom. The molecule has 3 aliphatic carbocycles. The van der Waals surface area contributed by atoms with E-state index in [1.165, 1.54) is 19.3 Å². The van der Waals surface area contributed by atoms with Gasteiger partial charge in [0, 0.05) is 22.9 Å². The molecule has 3 saturated carbocycles. The molecule has 1 heterocycles. The lowest BCUT2D eigenvalue weighted by molar-refractivity contribution is -0.136. The molecule has 0 aromatic carbocycles. The molecular formula is C27H44N2O2. The van der Waals surface area contributed by atoms with Gasteiger partial charge in [0.25, 0.3) is 0 Å². The molecule has 0 spiro atoms. The molecule has 0 bridgehead atoms. The van der Waals surface area contributed by atoms with E-state index in [2.05, 4.69) is 51.3 Å². The molecular weight excluding hydrogens is 384 g/mol. The molecule has 3 fully saturated rings. The topological polar surface area (TPSA) is 58.2 Å². The Labute approximate surface area is 189 Å². The summed E-state index contributed by atoms with van der Waals surface area (Å²) in [6, 6.07) is 0.278. The highest BCUT2D eigenvalue weighted by Gasteiger charge is 2.61. The Bertz CT molecular complexity index is 742. The summed E-state index contributed by atoms with van der Waals surface area (Å²) >= 11 is 0. The number of nitrogens with one attached hydrogen (secondary N) is 2. The highest BCUT2D eigenvalue weighted by Crippen LogP contribution is 2.65. The predicted octanol–water partition coefficient (Wildman–Crippen LogP) is 5.37. The van der Waals surface area contributed by atoms with Crippen molar-refractivity contribution in [2.24, 2.45) is 34.5 Å². The van der Waals surface area contributed by atoms with Crippen LogP contribution in [-0.2, 0) is 9.59 Å². The SMILES string of the molecule is CCCC(CC)(CC)NC(=O)C1CC[C@H]2[C@@H]3CCC4NC(=O)C=C[C@]4(C)[C@@H]3CC[C@]12C. The summed E-state index contributed by atoms with van der Waals surface area (Å²) in [6.07, 6.45) is 15.0. The maximum Gasteiger partial charge on any atom is 0.243 e. The van der Waals surface area contributed by atoms with Gasteiger partial charge in [0.15, 0.2) is 0 Å². The third kappa shape index (κ3) is 3.56. The zero-order valence-electron chi connectivity index (χ0n) is 20.4. The third-order valence-electron chi connectivity index (χ3n) is 10.5. The van der Waals surface area contributed by atoms with Gasteiger partial charge >= 0.3 is 0 Å². The zero-order chi connectivity index (χ0) is 22.4. The van der Waals surface area contributed by atoms with Gasteiger partial charge in [-0.15, -0.1) is 0 Å². The van der Waals surface area contributed by atoms with Gasteiger partial charge in [0.1, 0.15) is 0 Å². The van der Waals surface area contributed by atoms with Gasteiger partial charge in [0.2, 0.25) is 11.8 Å². The quantitative estimate of drug-likeness (QED) is 0.597. The monoisotopic (exact) mass is 428 g/mol. The molecule has 1 aliphatic heterocycles. The maximum absolute atomic E-state index is 13.6. The lowest BCUT2D eigenvalue weighted by atomic mass is 9.48. The Morgan fingerprint density at radius 3 is 2.52 bits per heavy atom. The molecule has 4 aliphatic rings. The van der Waals surface area contributed by atoms with Crippen LogP contribution in [0.4, 0.5) is 0 Å². The van der Waals surface area contributed by atoms with Crippen molar-refractivity contribution in [3.8, 4) is 0 Å². The molecule has 4 rings (SSSR count). The van der Waals surface area contributed by atoms with Gasteiger partial charge in [-0.25, -0.2) is 0 Å². The molecule has 4 heteroatoms. The van der Waals surface area contributed by atoms with Crippen molar-refractivity contribution in [2.45, 2.75) is 110 Å². The van der Waals surface area contributed by atoms with E-state index >= 15 is 0 Å². The molecule has 2 N–H and O–H groups in total. The standard InChI is InChI=1S/C27H44N2O2/c1-6-15-27(7-2,8-3)29-24(31)21-11-10-19-18-9-12-22-26(5,17-14-23(30)28-22)20(18)13-16-25(19,21)4/h14,17-22H,6-13,15-16H2,1-5H3,(H,28,30)(H,29,31)/t18-,19-,20+,21?,22?,25-,26+/m0/s1. The average molecular weight is 429 g/mol. The molecule has 0 saturated heterocycles. The van der Waals surface area contributed by atoms with Crippen LogP contribution in [0, 0.1) is 34.5 Å². The molecule has 0 aromatic heterocycles. The van der Waals surface area contributed by atoms with Gasteiger partial charge in [-0.2, -0.15) is 0 Å². The van der Waals surface area contributed by atoms with Crippen LogP contribution in [0.5, 0.6) is 0 Å². The molecule has 2 amide bonds. The lowest BCUT2D eigenvalue weighted by Gasteiger charge is -2.58. The number of hydrogen-bond acceptors (Lipinski definition) is 2. The first kappa shape index (κ1) is 22.9. The van der Waals surface area contributed by atoms with Crippen molar-refractivity contribution in [3.05, 3.63) is 12.2 Å². The fourth-order valence-corrected chi connectivity index (χ4v) is 8.43. The van der Waals surface area contributed by atoms with Gasteiger partial charge in [-0.05, 0) is 87.0 Å². The van der Waals surface area contributed by atoms with E-state index in [-0.39, 0.29) is 34.2 Å². The van der Waals surface area contributed by atoms with Gasteiger partial charge < -0.3 is 10.6 Å². The van der Waals surface area contributed by atoms with E-state index in [1.54, 1.807) is 6.08 Å². The molecule has 4 nitrogen and oxygen atoms in total.